The lowest BCUT2D eigenvalue weighted by Gasteiger charge is -2.29. The third kappa shape index (κ3) is 2.49. The third-order valence-electron chi connectivity index (χ3n) is 3.31. The lowest BCUT2D eigenvalue weighted by atomic mass is 10.00. The molecule has 2 heterocycles. The molecule has 19 heavy (non-hydrogen) atoms. The second-order valence-electron chi connectivity index (χ2n) is 6.01. The number of carbonyl (C=O) groups excluding carboxylic acids is 3. The summed E-state index contributed by atoms with van der Waals surface area (Å²) in [5.74, 6) is -0.965. The van der Waals surface area contributed by atoms with Gasteiger partial charge in [0.25, 0.3) is 0 Å². The van der Waals surface area contributed by atoms with Gasteiger partial charge in [0.15, 0.2) is 17.6 Å². The van der Waals surface area contributed by atoms with E-state index >= 15 is 0 Å². The molecule has 6 nitrogen and oxygen atoms in total. The van der Waals surface area contributed by atoms with Crippen molar-refractivity contribution in [1.82, 2.24) is 4.90 Å². The Morgan fingerprint density at radius 3 is 2.47 bits per heavy atom. The van der Waals surface area contributed by atoms with Crippen molar-refractivity contribution in [3.63, 3.8) is 0 Å². The van der Waals surface area contributed by atoms with Crippen LogP contribution in [0.5, 0.6) is 0 Å². The highest BCUT2D eigenvalue weighted by Crippen LogP contribution is 2.33. The van der Waals surface area contributed by atoms with Gasteiger partial charge in [-0.2, -0.15) is 0 Å². The molecule has 6 heteroatoms. The Morgan fingerprint density at radius 2 is 1.95 bits per heavy atom. The van der Waals surface area contributed by atoms with Crippen molar-refractivity contribution in [1.29, 1.82) is 0 Å². The average molecular weight is 269 g/mol. The Bertz CT molecular complexity index is 425. The van der Waals surface area contributed by atoms with Crippen LogP contribution < -0.4 is 0 Å². The molecular weight excluding hydrogens is 250 g/mol. The maximum absolute atomic E-state index is 12.2. The van der Waals surface area contributed by atoms with Crippen molar-refractivity contribution in [3.8, 4) is 0 Å². The molecule has 1 unspecified atom stereocenters. The van der Waals surface area contributed by atoms with Crippen LogP contribution in [-0.2, 0) is 19.1 Å². The Balaban J connectivity index is 2.27. The number of Topliss-reactive ketones (excluding diaryl/α,β-unsaturated/α-hetero) is 2. The monoisotopic (exact) mass is 269 g/mol. The van der Waals surface area contributed by atoms with E-state index in [0.29, 0.717) is 0 Å². The van der Waals surface area contributed by atoms with Gasteiger partial charge in [-0.25, -0.2) is 4.79 Å². The van der Waals surface area contributed by atoms with Crippen molar-refractivity contribution in [2.45, 2.75) is 45.4 Å². The average Bonchev–Trinajstić information content (AvgIpc) is 2.77. The number of nitrogens with zero attached hydrogens (tertiary/aromatic N) is 1. The first-order valence-electron chi connectivity index (χ1n) is 6.35. The van der Waals surface area contributed by atoms with Crippen molar-refractivity contribution in [2.24, 2.45) is 5.92 Å². The van der Waals surface area contributed by atoms with Gasteiger partial charge in [-0.05, 0) is 27.7 Å². The maximum Gasteiger partial charge on any atom is 0.411 e. The molecule has 2 fully saturated rings. The van der Waals surface area contributed by atoms with Crippen LogP contribution in [0.4, 0.5) is 4.79 Å². The highest BCUT2D eigenvalue weighted by atomic mass is 16.6. The second-order valence-corrected chi connectivity index (χ2v) is 6.01. The normalized spacial score (nSPS) is 30.4. The third-order valence-corrected chi connectivity index (χ3v) is 3.31. The van der Waals surface area contributed by atoms with Gasteiger partial charge >= 0.3 is 6.09 Å². The van der Waals surface area contributed by atoms with Crippen LogP contribution in [0.15, 0.2) is 0 Å². The second kappa shape index (κ2) is 4.59. The van der Waals surface area contributed by atoms with Crippen molar-refractivity contribution < 1.29 is 23.9 Å². The zero-order valence-electron chi connectivity index (χ0n) is 11.6. The fourth-order valence-corrected chi connectivity index (χ4v) is 2.57. The predicted octanol–water partition coefficient (Wildman–Crippen LogP) is 0.779. The number of ketones is 2. The summed E-state index contributed by atoms with van der Waals surface area (Å²) in [6.45, 7) is 7.10. The summed E-state index contributed by atoms with van der Waals surface area (Å²) in [4.78, 5) is 37.3. The van der Waals surface area contributed by atoms with E-state index in [9.17, 15) is 14.4 Å². The van der Waals surface area contributed by atoms with Crippen LogP contribution in [0.25, 0.3) is 0 Å². The van der Waals surface area contributed by atoms with Crippen LogP contribution in [0, 0.1) is 5.92 Å². The fourth-order valence-electron chi connectivity index (χ4n) is 2.57. The molecule has 1 amide bonds. The van der Waals surface area contributed by atoms with E-state index in [2.05, 4.69) is 0 Å². The smallest absolute Gasteiger partial charge is 0.411 e. The Morgan fingerprint density at radius 1 is 1.32 bits per heavy atom. The molecule has 2 aliphatic heterocycles. The molecule has 106 valence electrons. The molecule has 0 aromatic heterocycles. The summed E-state index contributed by atoms with van der Waals surface area (Å²) in [5, 5.41) is 0. The number of amides is 1. The SMILES string of the molecule is CC(=O)C1C(=O)[C@H]2COC[C@H]2N1C(=O)OC(C)(C)C. The van der Waals surface area contributed by atoms with E-state index in [1.54, 1.807) is 20.8 Å². The van der Waals surface area contributed by atoms with Crippen molar-refractivity contribution in [3.05, 3.63) is 0 Å². The molecule has 0 N–H and O–H groups in total. The van der Waals surface area contributed by atoms with Gasteiger partial charge in [0.2, 0.25) is 0 Å². The maximum atomic E-state index is 12.2. The van der Waals surface area contributed by atoms with E-state index in [4.69, 9.17) is 9.47 Å². The van der Waals surface area contributed by atoms with Gasteiger partial charge in [-0.1, -0.05) is 0 Å². The number of ether oxygens (including phenoxy) is 2. The van der Waals surface area contributed by atoms with E-state index in [1.807, 2.05) is 0 Å². The minimum atomic E-state index is -1.02. The summed E-state index contributed by atoms with van der Waals surface area (Å²) in [6, 6.07) is -1.40. The molecule has 0 bridgehead atoms. The van der Waals surface area contributed by atoms with E-state index in [-0.39, 0.29) is 30.8 Å². The first-order chi connectivity index (χ1) is 8.72. The Kier molecular flexibility index (Phi) is 3.38. The van der Waals surface area contributed by atoms with Gasteiger partial charge in [-0.15, -0.1) is 0 Å². The molecule has 2 rings (SSSR count). The van der Waals surface area contributed by atoms with Gasteiger partial charge in [-0.3, -0.25) is 14.5 Å². The van der Waals surface area contributed by atoms with E-state index in [1.165, 1.54) is 11.8 Å². The lowest BCUT2D eigenvalue weighted by Crippen LogP contribution is -2.49. The minimum Gasteiger partial charge on any atom is -0.444 e. The predicted molar refractivity (Wildman–Crippen MR) is 65.6 cm³/mol. The molecule has 0 aliphatic carbocycles. The molecule has 0 radical (unpaired) electrons. The Hall–Kier alpha value is -1.43. The molecule has 0 aromatic rings. The van der Waals surface area contributed by atoms with Crippen molar-refractivity contribution >= 4 is 17.7 Å². The highest BCUT2D eigenvalue weighted by Gasteiger charge is 2.55. The standard InChI is InChI=1S/C13H19NO5/c1-7(15)10-11(16)8-5-18-6-9(8)14(10)12(17)19-13(2,3)4/h8-10H,5-6H2,1-4H3/t8-,9+,10?/m0/s1. The molecule has 0 saturated carbocycles. The van der Waals surface area contributed by atoms with Gasteiger partial charge < -0.3 is 9.47 Å². The zero-order valence-corrected chi connectivity index (χ0v) is 11.6. The van der Waals surface area contributed by atoms with Crippen LogP contribution in [0.3, 0.4) is 0 Å². The first-order valence-corrected chi connectivity index (χ1v) is 6.35. The van der Waals surface area contributed by atoms with Crippen LogP contribution in [-0.4, -0.2) is 53.5 Å². The first kappa shape index (κ1) is 14.0. The number of rotatable bonds is 1. The number of fused-ring (bicyclic) bond motifs is 1. The number of hydrogen-bond acceptors (Lipinski definition) is 5. The molecule has 0 aromatic carbocycles. The highest BCUT2D eigenvalue weighted by molar-refractivity contribution is 6.10. The molecule has 3 atom stereocenters. The molecular formula is C13H19NO5. The van der Waals surface area contributed by atoms with Crippen LogP contribution >= 0.6 is 0 Å². The van der Waals surface area contributed by atoms with Crippen LogP contribution in [0.2, 0.25) is 0 Å². The lowest BCUT2D eigenvalue weighted by molar-refractivity contribution is -0.131. The van der Waals surface area contributed by atoms with Gasteiger partial charge in [0, 0.05) is 0 Å². The van der Waals surface area contributed by atoms with Crippen molar-refractivity contribution in [2.75, 3.05) is 13.2 Å². The van der Waals surface area contributed by atoms with Crippen LogP contribution in [0.1, 0.15) is 27.7 Å². The number of carbonyl (C=O) groups is 3. The summed E-state index contributed by atoms with van der Waals surface area (Å²) in [6.07, 6.45) is -0.626. The largest absolute Gasteiger partial charge is 0.444 e. The van der Waals surface area contributed by atoms with Gasteiger partial charge in [0.1, 0.15) is 5.60 Å². The molecule has 0 spiro atoms. The number of hydrogen-bond donors (Lipinski definition) is 0. The summed E-state index contributed by atoms with van der Waals surface area (Å²) in [5.41, 5.74) is -0.668. The zero-order chi connectivity index (χ0) is 14.4. The summed E-state index contributed by atoms with van der Waals surface area (Å²) in [7, 11) is 0. The van der Waals surface area contributed by atoms with Gasteiger partial charge in [0.05, 0.1) is 25.2 Å². The Labute approximate surface area is 112 Å². The minimum absolute atomic E-state index is 0.235. The van der Waals surface area contributed by atoms with E-state index < -0.39 is 23.7 Å². The molecule has 2 aliphatic rings. The summed E-state index contributed by atoms with van der Waals surface area (Å²) >= 11 is 0. The number of likely N-dealkylation sites (tertiary alicyclic amines) is 1. The quantitative estimate of drug-likeness (QED) is 0.658. The topological polar surface area (TPSA) is 72.9 Å². The molecule has 2 saturated heterocycles. The fraction of sp³-hybridized carbons (Fsp3) is 0.769. The summed E-state index contributed by atoms with van der Waals surface area (Å²) < 4.78 is 10.5. The van der Waals surface area contributed by atoms with E-state index in [0.717, 1.165) is 0 Å².